The maximum Gasteiger partial charge on any atom is 0.253 e. The summed E-state index contributed by atoms with van der Waals surface area (Å²) in [7, 11) is 0. The number of carbonyl (C=O) groups excluding carboxylic acids is 3. The lowest BCUT2D eigenvalue weighted by molar-refractivity contribution is -0.121. The van der Waals surface area contributed by atoms with Crippen LogP contribution in [0.1, 0.15) is 40.5 Å². The smallest absolute Gasteiger partial charge is 0.253 e. The van der Waals surface area contributed by atoms with Crippen LogP contribution in [0.25, 0.3) is 0 Å². The fourth-order valence-corrected chi connectivity index (χ4v) is 3.31. The second-order valence-corrected chi connectivity index (χ2v) is 7.14. The molecule has 1 aliphatic heterocycles. The van der Waals surface area contributed by atoms with E-state index in [1.807, 2.05) is 0 Å². The predicted molar refractivity (Wildman–Crippen MR) is 105 cm³/mol. The van der Waals surface area contributed by atoms with Crippen molar-refractivity contribution in [2.75, 3.05) is 18.4 Å². The Morgan fingerprint density at radius 1 is 1.00 bits per heavy atom. The Morgan fingerprint density at radius 2 is 1.67 bits per heavy atom. The SMILES string of the molecule is CC(=O)c1cccc(NC(=O)C2CCN(C(=O)c3ccc(Cl)cc3)CC2)c1. The summed E-state index contributed by atoms with van der Waals surface area (Å²) >= 11 is 5.86. The Bertz CT molecular complexity index is 856. The summed E-state index contributed by atoms with van der Waals surface area (Å²) in [5, 5.41) is 3.47. The van der Waals surface area contributed by atoms with Crippen LogP contribution in [0.3, 0.4) is 0 Å². The van der Waals surface area contributed by atoms with E-state index in [0.29, 0.717) is 47.8 Å². The highest BCUT2D eigenvalue weighted by molar-refractivity contribution is 6.30. The maximum atomic E-state index is 12.5. The molecule has 1 N–H and O–H groups in total. The maximum absolute atomic E-state index is 12.5. The highest BCUT2D eigenvalue weighted by Gasteiger charge is 2.28. The molecule has 2 aromatic carbocycles. The van der Waals surface area contributed by atoms with Gasteiger partial charge in [0.15, 0.2) is 5.78 Å². The first-order chi connectivity index (χ1) is 12.9. The highest BCUT2D eigenvalue weighted by Crippen LogP contribution is 2.22. The van der Waals surface area contributed by atoms with Crippen molar-refractivity contribution in [2.45, 2.75) is 19.8 Å². The number of piperidine rings is 1. The average Bonchev–Trinajstić information content (AvgIpc) is 2.68. The molecule has 3 rings (SSSR count). The van der Waals surface area contributed by atoms with Gasteiger partial charge in [0, 0.05) is 40.8 Å². The van der Waals surface area contributed by atoms with Gasteiger partial charge >= 0.3 is 0 Å². The minimum Gasteiger partial charge on any atom is -0.339 e. The molecule has 0 radical (unpaired) electrons. The minimum absolute atomic E-state index is 0.0416. The van der Waals surface area contributed by atoms with Gasteiger partial charge in [0.1, 0.15) is 0 Å². The quantitative estimate of drug-likeness (QED) is 0.809. The van der Waals surface area contributed by atoms with Crippen LogP contribution in [0.2, 0.25) is 5.02 Å². The summed E-state index contributed by atoms with van der Waals surface area (Å²) in [6, 6.07) is 13.7. The predicted octanol–water partition coefficient (Wildman–Crippen LogP) is 4.03. The van der Waals surface area contributed by atoms with Crippen LogP contribution in [0.15, 0.2) is 48.5 Å². The molecule has 0 saturated carbocycles. The number of Topliss-reactive ketones (excluding diaryl/α,β-unsaturated/α-hetero) is 1. The molecule has 2 aromatic rings. The van der Waals surface area contributed by atoms with E-state index in [1.54, 1.807) is 53.4 Å². The first-order valence-corrected chi connectivity index (χ1v) is 9.28. The normalized spacial score (nSPS) is 14.7. The molecule has 0 aliphatic carbocycles. The Kier molecular flexibility index (Phi) is 5.91. The van der Waals surface area contributed by atoms with Gasteiger partial charge < -0.3 is 10.2 Å². The van der Waals surface area contributed by atoms with Crippen LogP contribution in [0.5, 0.6) is 0 Å². The number of anilines is 1. The number of nitrogens with zero attached hydrogens (tertiary/aromatic N) is 1. The fraction of sp³-hybridized carbons (Fsp3) is 0.286. The molecule has 2 amide bonds. The van der Waals surface area contributed by atoms with E-state index in [1.165, 1.54) is 6.92 Å². The van der Waals surface area contributed by atoms with Gasteiger partial charge in [-0.1, -0.05) is 23.7 Å². The Labute approximate surface area is 163 Å². The van der Waals surface area contributed by atoms with Crippen molar-refractivity contribution in [1.82, 2.24) is 4.90 Å². The fourth-order valence-electron chi connectivity index (χ4n) is 3.18. The van der Waals surface area contributed by atoms with Crippen LogP contribution in [-0.2, 0) is 4.79 Å². The number of amides is 2. The first kappa shape index (κ1) is 19.1. The van der Waals surface area contributed by atoms with Crippen molar-refractivity contribution in [2.24, 2.45) is 5.92 Å². The number of likely N-dealkylation sites (tertiary alicyclic amines) is 1. The number of benzene rings is 2. The van der Waals surface area contributed by atoms with Crippen LogP contribution in [0, 0.1) is 5.92 Å². The molecule has 27 heavy (non-hydrogen) atoms. The highest BCUT2D eigenvalue weighted by atomic mass is 35.5. The molecule has 1 saturated heterocycles. The lowest BCUT2D eigenvalue weighted by Crippen LogP contribution is -2.41. The molecule has 0 unspecified atom stereocenters. The number of hydrogen-bond donors (Lipinski definition) is 1. The molecule has 0 spiro atoms. The van der Waals surface area contributed by atoms with E-state index in [2.05, 4.69) is 5.32 Å². The molecule has 5 nitrogen and oxygen atoms in total. The van der Waals surface area contributed by atoms with Crippen molar-refractivity contribution in [3.8, 4) is 0 Å². The van der Waals surface area contributed by atoms with Crippen LogP contribution >= 0.6 is 11.6 Å². The summed E-state index contributed by atoms with van der Waals surface area (Å²) in [6.45, 7) is 2.56. The summed E-state index contributed by atoms with van der Waals surface area (Å²) in [4.78, 5) is 38.3. The molecule has 1 aliphatic rings. The van der Waals surface area contributed by atoms with Gasteiger partial charge in [-0.25, -0.2) is 0 Å². The van der Waals surface area contributed by atoms with E-state index in [9.17, 15) is 14.4 Å². The van der Waals surface area contributed by atoms with Crippen molar-refractivity contribution in [1.29, 1.82) is 0 Å². The minimum atomic E-state index is -0.153. The number of halogens is 1. The second-order valence-electron chi connectivity index (χ2n) is 6.70. The van der Waals surface area contributed by atoms with Crippen molar-refractivity contribution < 1.29 is 14.4 Å². The third kappa shape index (κ3) is 4.74. The van der Waals surface area contributed by atoms with Crippen LogP contribution < -0.4 is 5.32 Å². The van der Waals surface area contributed by atoms with Crippen LogP contribution in [0.4, 0.5) is 5.69 Å². The molecule has 1 heterocycles. The molecule has 1 fully saturated rings. The summed E-state index contributed by atoms with van der Waals surface area (Å²) in [6.07, 6.45) is 1.22. The average molecular weight is 385 g/mol. The molecule has 140 valence electrons. The van der Waals surface area contributed by atoms with Crippen molar-refractivity contribution in [3.63, 3.8) is 0 Å². The molecular weight excluding hydrogens is 364 g/mol. The van der Waals surface area contributed by atoms with Gasteiger partial charge in [-0.2, -0.15) is 0 Å². The van der Waals surface area contributed by atoms with E-state index in [4.69, 9.17) is 11.6 Å². The summed E-state index contributed by atoms with van der Waals surface area (Å²) in [5.41, 5.74) is 1.78. The second kappa shape index (κ2) is 8.35. The summed E-state index contributed by atoms with van der Waals surface area (Å²) in [5.74, 6) is -0.311. The zero-order valence-corrected chi connectivity index (χ0v) is 15.8. The van der Waals surface area contributed by atoms with E-state index in [0.717, 1.165) is 0 Å². The first-order valence-electron chi connectivity index (χ1n) is 8.91. The zero-order valence-electron chi connectivity index (χ0n) is 15.1. The van der Waals surface area contributed by atoms with E-state index < -0.39 is 0 Å². The van der Waals surface area contributed by atoms with Crippen molar-refractivity contribution in [3.05, 3.63) is 64.7 Å². The lowest BCUT2D eigenvalue weighted by atomic mass is 9.95. The molecule has 0 bridgehead atoms. The zero-order chi connectivity index (χ0) is 19.4. The Morgan fingerprint density at radius 3 is 2.30 bits per heavy atom. The molecular formula is C21H21ClN2O3. The third-order valence-electron chi connectivity index (χ3n) is 4.78. The van der Waals surface area contributed by atoms with Crippen molar-refractivity contribution >= 4 is 34.9 Å². The Hall–Kier alpha value is -2.66. The number of rotatable bonds is 4. The van der Waals surface area contributed by atoms with Gasteiger partial charge in [0.2, 0.25) is 5.91 Å². The third-order valence-corrected chi connectivity index (χ3v) is 5.03. The Balaban J connectivity index is 1.56. The number of nitrogens with one attached hydrogen (secondary N) is 1. The topological polar surface area (TPSA) is 66.5 Å². The molecule has 0 atom stereocenters. The molecule has 6 heteroatoms. The van der Waals surface area contributed by atoms with Gasteiger partial charge in [-0.15, -0.1) is 0 Å². The lowest BCUT2D eigenvalue weighted by Gasteiger charge is -2.31. The number of carbonyl (C=O) groups is 3. The van der Waals surface area contributed by atoms with E-state index in [-0.39, 0.29) is 23.5 Å². The van der Waals surface area contributed by atoms with Gasteiger partial charge in [0.25, 0.3) is 5.91 Å². The van der Waals surface area contributed by atoms with Crippen LogP contribution in [-0.4, -0.2) is 35.6 Å². The standard InChI is InChI=1S/C21H21ClN2O3/c1-14(25)17-3-2-4-19(13-17)23-20(26)15-9-11-24(12-10-15)21(27)16-5-7-18(22)8-6-16/h2-8,13,15H,9-12H2,1H3,(H,23,26). The number of hydrogen-bond acceptors (Lipinski definition) is 3. The van der Waals surface area contributed by atoms with E-state index >= 15 is 0 Å². The van der Waals surface area contributed by atoms with Gasteiger partial charge in [0.05, 0.1) is 0 Å². The monoisotopic (exact) mass is 384 g/mol. The molecule has 0 aromatic heterocycles. The summed E-state index contributed by atoms with van der Waals surface area (Å²) < 4.78 is 0. The largest absolute Gasteiger partial charge is 0.339 e. The van der Waals surface area contributed by atoms with Gasteiger partial charge in [-0.05, 0) is 56.2 Å². The van der Waals surface area contributed by atoms with Gasteiger partial charge in [-0.3, -0.25) is 14.4 Å². The number of ketones is 1.